The van der Waals surface area contributed by atoms with Crippen molar-refractivity contribution < 1.29 is 5.11 Å². The van der Waals surface area contributed by atoms with Crippen molar-refractivity contribution in [1.82, 2.24) is 9.97 Å². The number of nitrogens with zero attached hydrogens (tertiary/aromatic N) is 3. The third kappa shape index (κ3) is 2.21. The van der Waals surface area contributed by atoms with Gasteiger partial charge in [0.15, 0.2) is 0 Å². The van der Waals surface area contributed by atoms with Crippen LogP contribution in [0.25, 0.3) is 0 Å². The summed E-state index contributed by atoms with van der Waals surface area (Å²) in [5.74, 6) is 1.48. The molecule has 1 aromatic rings. The first-order valence-electron chi connectivity index (χ1n) is 7.08. The van der Waals surface area contributed by atoms with Gasteiger partial charge in [0, 0.05) is 18.9 Å². The zero-order valence-electron chi connectivity index (χ0n) is 10.8. The van der Waals surface area contributed by atoms with Gasteiger partial charge in [0.1, 0.15) is 0 Å². The number of aromatic nitrogens is 2. The zero-order valence-corrected chi connectivity index (χ0v) is 10.8. The molecule has 2 aliphatic rings. The second kappa shape index (κ2) is 5.22. The lowest BCUT2D eigenvalue weighted by atomic mass is 9.81. The smallest absolute Gasteiger partial charge is 0.225 e. The average molecular weight is 247 g/mol. The molecule has 1 saturated carbocycles. The van der Waals surface area contributed by atoms with Crippen LogP contribution in [0.5, 0.6) is 0 Å². The van der Waals surface area contributed by atoms with Gasteiger partial charge in [-0.15, -0.1) is 0 Å². The molecule has 0 spiro atoms. The Bertz CT molecular complexity index is 389. The van der Waals surface area contributed by atoms with Gasteiger partial charge >= 0.3 is 0 Å². The second-order valence-corrected chi connectivity index (χ2v) is 5.47. The molecule has 1 aromatic heterocycles. The van der Waals surface area contributed by atoms with E-state index in [1.54, 1.807) is 0 Å². The van der Waals surface area contributed by atoms with Crippen molar-refractivity contribution in [2.75, 3.05) is 18.1 Å². The molecule has 2 fully saturated rings. The number of piperidine rings is 1. The van der Waals surface area contributed by atoms with Gasteiger partial charge in [0.05, 0.1) is 12.6 Å². The predicted molar refractivity (Wildman–Crippen MR) is 70.7 cm³/mol. The zero-order chi connectivity index (χ0) is 12.4. The third-order valence-corrected chi connectivity index (χ3v) is 4.33. The number of hydrogen-bond donors (Lipinski definition) is 1. The van der Waals surface area contributed by atoms with Crippen LogP contribution in [-0.2, 0) is 0 Å². The summed E-state index contributed by atoms with van der Waals surface area (Å²) in [4.78, 5) is 11.2. The Morgan fingerprint density at radius 1 is 1.11 bits per heavy atom. The van der Waals surface area contributed by atoms with Crippen molar-refractivity contribution in [3.05, 3.63) is 18.0 Å². The molecule has 1 unspecified atom stereocenters. The molecule has 1 N–H and O–H groups in total. The van der Waals surface area contributed by atoms with Crippen LogP contribution >= 0.6 is 0 Å². The van der Waals surface area contributed by atoms with Gasteiger partial charge < -0.3 is 10.0 Å². The topological polar surface area (TPSA) is 49.2 Å². The molecule has 0 amide bonds. The fourth-order valence-electron chi connectivity index (χ4n) is 2.89. The van der Waals surface area contributed by atoms with Gasteiger partial charge in [-0.1, -0.05) is 6.42 Å². The van der Waals surface area contributed by atoms with Crippen LogP contribution in [0.1, 0.15) is 50.0 Å². The van der Waals surface area contributed by atoms with Crippen molar-refractivity contribution in [3.8, 4) is 0 Å². The normalized spacial score (nSPS) is 24.9. The SMILES string of the molecule is OCC1CCCCN1c1ncc(C2CCC2)cn1. The summed E-state index contributed by atoms with van der Waals surface area (Å²) < 4.78 is 0. The van der Waals surface area contributed by atoms with Crippen LogP contribution < -0.4 is 4.90 Å². The molecule has 98 valence electrons. The number of hydrogen-bond acceptors (Lipinski definition) is 4. The Morgan fingerprint density at radius 2 is 1.89 bits per heavy atom. The van der Waals surface area contributed by atoms with Gasteiger partial charge in [0.2, 0.25) is 5.95 Å². The molecule has 0 aromatic carbocycles. The first-order valence-corrected chi connectivity index (χ1v) is 7.08. The molecule has 2 heterocycles. The van der Waals surface area contributed by atoms with E-state index in [4.69, 9.17) is 0 Å². The molecule has 1 aliphatic heterocycles. The monoisotopic (exact) mass is 247 g/mol. The van der Waals surface area contributed by atoms with Crippen molar-refractivity contribution >= 4 is 5.95 Å². The molecular weight excluding hydrogens is 226 g/mol. The fraction of sp³-hybridized carbons (Fsp3) is 0.714. The van der Waals surface area contributed by atoms with Gasteiger partial charge in [0.25, 0.3) is 0 Å². The number of anilines is 1. The minimum absolute atomic E-state index is 0.202. The maximum Gasteiger partial charge on any atom is 0.225 e. The molecule has 1 saturated heterocycles. The van der Waals surface area contributed by atoms with Crippen molar-refractivity contribution in [2.24, 2.45) is 0 Å². The van der Waals surface area contributed by atoms with E-state index in [9.17, 15) is 5.11 Å². The molecule has 4 nitrogen and oxygen atoms in total. The van der Waals surface area contributed by atoms with E-state index in [2.05, 4.69) is 14.9 Å². The summed E-state index contributed by atoms with van der Waals surface area (Å²) in [5.41, 5.74) is 1.28. The average Bonchev–Trinajstić information content (AvgIpc) is 2.38. The summed E-state index contributed by atoms with van der Waals surface area (Å²) in [6.45, 7) is 1.17. The number of aliphatic hydroxyl groups excluding tert-OH is 1. The van der Waals surface area contributed by atoms with E-state index in [1.807, 2.05) is 12.4 Å². The highest BCUT2D eigenvalue weighted by molar-refractivity contribution is 5.33. The van der Waals surface area contributed by atoms with Gasteiger partial charge in [-0.05, 0) is 43.6 Å². The highest BCUT2D eigenvalue weighted by Gasteiger charge is 2.25. The van der Waals surface area contributed by atoms with E-state index in [0.29, 0.717) is 5.92 Å². The summed E-state index contributed by atoms with van der Waals surface area (Å²) in [6, 6.07) is 0.202. The summed E-state index contributed by atoms with van der Waals surface area (Å²) in [7, 11) is 0. The lowest BCUT2D eigenvalue weighted by Crippen LogP contribution is -2.42. The molecule has 4 heteroatoms. The molecule has 1 atom stereocenters. The van der Waals surface area contributed by atoms with E-state index in [1.165, 1.54) is 37.7 Å². The lowest BCUT2D eigenvalue weighted by Gasteiger charge is -2.34. The van der Waals surface area contributed by atoms with Crippen LogP contribution in [-0.4, -0.2) is 34.3 Å². The van der Waals surface area contributed by atoms with Crippen LogP contribution in [0.2, 0.25) is 0 Å². The minimum Gasteiger partial charge on any atom is -0.394 e. The van der Waals surface area contributed by atoms with Crippen LogP contribution in [0.3, 0.4) is 0 Å². The molecule has 18 heavy (non-hydrogen) atoms. The fourth-order valence-corrected chi connectivity index (χ4v) is 2.89. The van der Waals surface area contributed by atoms with Gasteiger partial charge in [-0.2, -0.15) is 0 Å². The standard InChI is InChI=1S/C14H21N3O/c18-10-13-6-1-2-7-17(13)14-15-8-12(9-16-14)11-4-3-5-11/h8-9,11,13,18H,1-7,10H2. The van der Waals surface area contributed by atoms with Crippen molar-refractivity contribution in [1.29, 1.82) is 0 Å². The Morgan fingerprint density at radius 3 is 2.50 bits per heavy atom. The molecule has 0 radical (unpaired) electrons. The van der Waals surface area contributed by atoms with Crippen LogP contribution in [0.15, 0.2) is 12.4 Å². The lowest BCUT2D eigenvalue weighted by molar-refractivity contribution is 0.238. The summed E-state index contributed by atoms with van der Waals surface area (Å²) >= 11 is 0. The van der Waals surface area contributed by atoms with Crippen molar-refractivity contribution in [3.63, 3.8) is 0 Å². The number of rotatable bonds is 3. The maximum absolute atomic E-state index is 9.42. The maximum atomic E-state index is 9.42. The largest absolute Gasteiger partial charge is 0.394 e. The molecule has 0 bridgehead atoms. The Hall–Kier alpha value is -1.16. The second-order valence-electron chi connectivity index (χ2n) is 5.47. The number of aliphatic hydroxyl groups is 1. The van der Waals surface area contributed by atoms with E-state index in [0.717, 1.165) is 18.9 Å². The third-order valence-electron chi connectivity index (χ3n) is 4.33. The van der Waals surface area contributed by atoms with Crippen LogP contribution in [0.4, 0.5) is 5.95 Å². The van der Waals surface area contributed by atoms with Gasteiger partial charge in [-0.25, -0.2) is 9.97 Å². The molecule has 1 aliphatic carbocycles. The van der Waals surface area contributed by atoms with E-state index < -0.39 is 0 Å². The summed E-state index contributed by atoms with van der Waals surface area (Å²) in [5, 5.41) is 9.42. The van der Waals surface area contributed by atoms with Gasteiger partial charge in [-0.3, -0.25) is 0 Å². The highest BCUT2D eigenvalue weighted by atomic mass is 16.3. The molecular formula is C14H21N3O. The predicted octanol–water partition coefficient (Wildman–Crippen LogP) is 2.10. The first kappa shape index (κ1) is 11.9. The van der Waals surface area contributed by atoms with Crippen LogP contribution in [0, 0.1) is 0 Å². The van der Waals surface area contributed by atoms with Crippen molar-refractivity contribution in [2.45, 2.75) is 50.5 Å². The minimum atomic E-state index is 0.202. The Balaban J connectivity index is 1.74. The quantitative estimate of drug-likeness (QED) is 0.888. The summed E-state index contributed by atoms with van der Waals surface area (Å²) in [6.07, 6.45) is 11.3. The molecule has 3 rings (SSSR count). The Kier molecular flexibility index (Phi) is 3.46. The van der Waals surface area contributed by atoms with E-state index >= 15 is 0 Å². The van der Waals surface area contributed by atoms with E-state index in [-0.39, 0.29) is 12.6 Å². The highest BCUT2D eigenvalue weighted by Crippen LogP contribution is 2.35. The first-order chi connectivity index (χ1) is 8.88. The Labute approximate surface area is 108 Å².